The molecule has 1 heterocycles. The van der Waals surface area contributed by atoms with Gasteiger partial charge in [0.15, 0.2) is 0 Å². The number of hydrogen-bond acceptors (Lipinski definition) is 0. The molecule has 43 heavy (non-hydrogen) atoms. The first-order valence-electron chi connectivity index (χ1n) is 20.3. The molecule has 2 heteroatoms. The van der Waals surface area contributed by atoms with Crippen LogP contribution >= 0.6 is 0 Å². The fourth-order valence-corrected chi connectivity index (χ4v) is 7.13. The molecule has 1 aromatic rings. The second kappa shape index (κ2) is 31.2. The van der Waals surface area contributed by atoms with E-state index >= 15 is 0 Å². The van der Waals surface area contributed by atoms with Gasteiger partial charge in [-0.2, -0.15) is 0 Å². The molecule has 0 radical (unpaired) electrons. The molecule has 1 aromatic heterocycles. The molecule has 0 aliphatic heterocycles. The number of unbranched alkanes of at least 4 members (excludes halogenated alkanes) is 26. The number of nitrogens with zero attached hydrogens (tertiary/aromatic N) is 1. The third-order valence-corrected chi connectivity index (χ3v) is 10.1. The van der Waals surface area contributed by atoms with Crippen LogP contribution < -0.4 is 4.57 Å². The van der Waals surface area contributed by atoms with Gasteiger partial charge < -0.3 is 0 Å². The Kier molecular flexibility index (Phi) is 29.2. The van der Waals surface area contributed by atoms with Gasteiger partial charge in [0.25, 0.3) is 5.82 Å². The van der Waals surface area contributed by atoms with E-state index in [1.54, 1.807) is 0 Å². The van der Waals surface area contributed by atoms with E-state index < -0.39 is 0 Å². The smallest absolute Gasteiger partial charge is 0.247 e. The Bertz CT molecular complexity index is 664. The summed E-state index contributed by atoms with van der Waals surface area (Å²) in [6.07, 6.45) is 50.2. The van der Waals surface area contributed by atoms with Crippen molar-refractivity contribution in [2.45, 2.75) is 245 Å². The summed E-state index contributed by atoms with van der Waals surface area (Å²) in [4.78, 5) is 3.73. The van der Waals surface area contributed by atoms with E-state index in [0.29, 0.717) is 12.0 Å². The monoisotopic (exact) mass is 602 g/mol. The number of nitrogens with one attached hydrogen (secondary N) is 1. The van der Waals surface area contributed by atoms with Crippen LogP contribution in [0.5, 0.6) is 0 Å². The van der Waals surface area contributed by atoms with Gasteiger partial charge >= 0.3 is 0 Å². The quantitative estimate of drug-likeness (QED) is 0.0599. The molecule has 0 aliphatic carbocycles. The van der Waals surface area contributed by atoms with E-state index in [2.05, 4.69) is 49.6 Å². The van der Waals surface area contributed by atoms with Crippen LogP contribution in [0.3, 0.4) is 0 Å². The van der Waals surface area contributed by atoms with Crippen molar-refractivity contribution in [1.29, 1.82) is 0 Å². The number of rotatable bonds is 34. The Labute approximate surface area is 272 Å². The maximum absolute atomic E-state index is 3.73. The van der Waals surface area contributed by atoms with Crippen LogP contribution in [0.15, 0.2) is 12.4 Å². The van der Waals surface area contributed by atoms with Crippen LogP contribution in [0, 0.1) is 0 Å². The second-order valence-corrected chi connectivity index (χ2v) is 14.4. The van der Waals surface area contributed by atoms with Gasteiger partial charge in [-0.15, -0.1) is 0 Å². The SMILES string of the molecule is CCCCCCCCCCCCCCCCC(C)[n+]1cc[nH]c1C(CCCCCC)CCCCCCCCCCCCC. The first-order chi connectivity index (χ1) is 21.2. The number of aromatic amines is 1. The van der Waals surface area contributed by atoms with Gasteiger partial charge in [0.05, 0.1) is 12.0 Å². The Morgan fingerprint density at radius 1 is 0.442 bits per heavy atom. The summed E-state index contributed by atoms with van der Waals surface area (Å²) in [5.74, 6) is 2.24. The van der Waals surface area contributed by atoms with Crippen LogP contribution in [-0.4, -0.2) is 4.98 Å². The first kappa shape index (κ1) is 40.2. The predicted molar refractivity (Wildman–Crippen MR) is 193 cm³/mol. The lowest BCUT2D eigenvalue weighted by Crippen LogP contribution is -2.41. The minimum absolute atomic E-state index is 0.619. The van der Waals surface area contributed by atoms with Crippen LogP contribution in [0.25, 0.3) is 0 Å². The molecule has 2 unspecified atom stereocenters. The Morgan fingerprint density at radius 3 is 1.12 bits per heavy atom. The Hall–Kier alpha value is -0.790. The Morgan fingerprint density at radius 2 is 0.744 bits per heavy atom. The summed E-state index contributed by atoms with van der Waals surface area (Å²) in [5, 5.41) is 0. The highest BCUT2D eigenvalue weighted by atomic mass is 15.1. The molecule has 0 spiro atoms. The lowest BCUT2D eigenvalue weighted by Gasteiger charge is -2.17. The average molecular weight is 602 g/mol. The molecule has 0 bridgehead atoms. The zero-order valence-corrected chi connectivity index (χ0v) is 30.4. The van der Waals surface area contributed by atoms with Gasteiger partial charge in [-0.05, 0) is 32.6 Å². The molecule has 1 N–H and O–H groups in total. The highest BCUT2D eigenvalue weighted by Gasteiger charge is 2.25. The summed E-state index contributed by atoms with van der Waals surface area (Å²) in [6.45, 7) is 9.42. The third-order valence-electron chi connectivity index (χ3n) is 10.1. The van der Waals surface area contributed by atoms with Crippen LogP contribution in [-0.2, 0) is 0 Å². The molecule has 0 aromatic carbocycles. The van der Waals surface area contributed by atoms with E-state index in [9.17, 15) is 0 Å². The highest BCUT2D eigenvalue weighted by Crippen LogP contribution is 2.27. The molecule has 254 valence electrons. The van der Waals surface area contributed by atoms with Crippen molar-refractivity contribution < 1.29 is 4.57 Å². The van der Waals surface area contributed by atoms with E-state index in [-0.39, 0.29) is 0 Å². The molecule has 0 saturated carbocycles. The summed E-state index contributed by atoms with van der Waals surface area (Å²) in [5.41, 5.74) is 0. The number of H-pyrrole nitrogens is 1. The fraction of sp³-hybridized carbons (Fsp3) is 0.927. The highest BCUT2D eigenvalue weighted by molar-refractivity contribution is 4.90. The fourth-order valence-electron chi connectivity index (χ4n) is 7.13. The van der Waals surface area contributed by atoms with E-state index in [4.69, 9.17) is 0 Å². The minimum atomic E-state index is 0.619. The average Bonchev–Trinajstić information content (AvgIpc) is 3.51. The second-order valence-electron chi connectivity index (χ2n) is 14.4. The van der Waals surface area contributed by atoms with Gasteiger partial charge in [-0.3, -0.25) is 0 Å². The summed E-state index contributed by atoms with van der Waals surface area (Å²) in [6, 6.07) is 0.619. The number of imidazole rings is 1. The minimum Gasteiger partial charge on any atom is -0.247 e. The molecule has 0 saturated heterocycles. The zero-order chi connectivity index (χ0) is 31.1. The molecule has 2 atom stereocenters. The predicted octanol–water partition coefficient (Wildman–Crippen LogP) is 14.5. The molecule has 2 nitrogen and oxygen atoms in total. The van der Waals surface area contributed by atoms with E-state index in [0.717, 1.165) is 0 Å². The van der Waals surface area contributed by atoms with E-state index in [1.807, 2.05) is 0 Å². The third kappa shape index (κ3) is 23.2. The van der Waals surface area contributed by atoms with Crippen molar-refractivity contribution in [3.63, 3.8) is 0 Å². The maximum atomic E-state index is 3.73. The van der Waals surface area contributed by atoms with E-state index in [1.165, 1.54) is 211 Å². The van der Waals surface area contributed by atoms with Crippen LogP contribution in [0.1, 0.15) is 251 Å². The van der Waals surface area contributed by atoms with Gasteiger partial charge in [0, 0.05) is 0 Å². The van der Waals surface area contributed by atoms with Crippen molar-refractivity contribution >= 4 is 0 Å². The van der Waals surface area contributed by atoms with Crippen molar-refractivity contribution in [2.24, 2.45) is 0 Å². The van der Waals surface area contributed by atoms with Gasteiger partial charge in [-0.1, -0.05) is 201 Å². The van der Waals surface area contributed by atoms with Crippen molar-refractivity contribution in [2.75, 3.05) is 0 Å². The standard InChI is InChI=1S/C41H80N2/c1-5-8-11-14-16-18-20-21-22-24-25-27-29-31-34-39(4)43-38-37-42-41(43)40(35-32-13-10-7-3)36-33-30-28-26-23-19-17-15-12-9-6-2/h37-40H,5-36H2,1-4H3/p+1. The molecular formula is C41H81N2+. The van der Waals surface area contributed by atoms with Crippen LogP contribution in [0.4, 0.5) is 0 Å². The Balaban J connectivity index is 2.27. The largest absolute Gasteiger partial charge is 0.257 e. The molecule has 0 fully saturated rings. The van der Waals surface area contributed by atoms with Crippen molar-refractivity contribution in [3.8, 4) is 0 Å². The molecule has 0 aliphatic rings. The normalized spacial score (nSPS) is 13.1. The first-order valence-corrected chi connectivity index (χ1v) is 20.3. The number of aromatic nitrogens is 2. The molecule has 1 rings (SSSR count). The van der Waals surface area contributed by atoms with Crippen LogP contribution in [0.2, 0.25) is 0 Å². The lowest BCUT2D eigenvalue weighted by molar-refractivity contribution is -0.727. The van der Waals surface area contributed by atoms with Crippen molar-refractivity contribution in [1.82, 2.24) is 4.98 Å². The summed E-state index contributed by atoms with van der Waals surface area (Å²) < 4.78 is 2.63. The molecule has 0 amide bonds. The van der Waals surface area contributed by atoms with Gasteiger partial charge in [-0.25, -0.2) is 9.55 Å². The summed E-state index contributed by atoms with van der Waals surface area (Å²) in [7, 11) is 0. The number of hydrogen-bond donors (Lipinski definition) is 1. The zero-order valence-electron chi connectivity index (χ0n) is 30.4. The summed E-state index contributed by atoms with van der Waals surface area (Å²) >= 11 is 0. The van der Waals surface area contributed by atoms with Gasteiger partial charge in [0.1, 0.15) is 12.4 Å². The van der Waals surface area contributed by atoms with Gasteiger partial charge in [0.2, 0.25) is 0 Å². The lowest BCUT2D eigenvalue weighted by atomic mass is 9.93. The van der Waals surface area contributed by atoms with Crippen molar-refractivity contribution in [3.05, 3.63) is 18.2 Å². The topological polar surface area (TPSA) is 19.7 Å². The molecular weight excluding hydrogens is 520 g/mol. The maximum Gasteiger partial charge on any atom is 0.257 e.